The summed E-state index contributed by atoms with van der Waals surface area (Å²) >= 11 is 0. The van der Waals surface area contributed by atoms with E-state index in [9.17, 15) is 4.79 Å². The third-order valence-corrected chi connectivity index (χ3v) is 6.01. The molecule has 0 unspecified atom stereocenters. The first-order chi connectivity index (χ1) is 17.7. The van der Waals surface area contributed by atoms with E-state index < -0.39 is 16.4 Å². The van der Waals surface area contributed by atoms with Crippen LogP contribution in [0.2, 0.25) is 0 Å². The molecular formula is C30H61NaO6S. The Bertz CT molecular complexity index is 549. The predicted octanol–water partition coefficient (Wildman–Crippen LogP) is 7.20. The Kier molecular flexibility index (Phi) is 46.5. The van der Waals surface area contributed by atoms with Gasteiger partial charge in [-0.2, -0.15) is 14.8 Å². The zero-order valence-electron chi connectivity index (χ0n) is 25.3. The molecule has 0 aliphatic rings. The Balaban J connectivity index is -0.000000272. The van der Waals surface area contributed by atoms with Gasteiger partial charge in [0.15, 0.2) is 0 Å². The molecule has 0 aromatic rings. The second kappa shape index (κ2) is 39.2. The quantitative estimate of drug-likeness (QED) is 0.0371. The average molecular weight is 573 g/mol. The van der Waals surface area contributed by atoms with Crippen molar-refractivity contribution in [3.8, 4) is 0 Å². The smallest absolute Gasteiger partial charge is 0.481 e. The van der Waals surface area contributed by atoms with Crippen LogP contribution in [-0.2, 0) is 15.2 Å². The van der Waals surface area contributed by atoms with Crippen molar-refractivity contribution in [1.29, 1.82) is 0 Å². The van der Waals surface area contributed by atoms with E-state index in [-0.39, 0.29) is 29.6 Å². The number of carbonyl (C=O) groups is 1. The molecule has 8 heteroatoms. The van der Waals surface area contributed by atoms with Gasteiger partial charge in [0, 0.05) is 6.42 Å². The third-order valence-electron chi connectivity index (χ3n) is 6.01. The Labute approximate surface area is 259 Å². The van der Waals surface area contributed by atoms with Gasteiger partial charge in [0.25, 0.3) is 0 Å². The van der Waals surface area contributed by atoms with E-state index in [0.29, 0.717) is 6.42 Å². The average Bonchev–Trinajstić information content (AvgIpc) is 2.82. The number of unbranched alkanes of at least 4 members (excludes halogenated alkanes) is 20. The van der Waals surface area contributed by atoms with Crippen molar-refractivity contribution < 1.29 is 57.0 Å². The Morgan fingerprint density at radius 1 is 0.605 bits per heavy atom. The summed E-state index contributed by atoms with van der Waals surface area (Å²) in [6.07, 6.45) is 35.1. The fourth-order valence-electron chi connectivity index (χ4n) is 3.83. The summed E-state index contributed by atoms with van der Waals surface area (Å²) in [6.45, 7) is 8.37. The first-order valence-electron chi connectivity index (χ1n) is 15.0. The second-order valence-corrected chi connectivity index (χ2v) is 10.8. The number of allylic oxidation sites excluding steroid dienone is 2. The molecule has 3 N–H and O–H groups in total. The SMILES string of the molecule is CCCCCCCCC=CCCCCCCCC(=O)O.O=S(=O)(O)O.[CH2-]CCCCCCCCCCC.[Na+]. The van der Waals surface area contributed by atoms with Crippen molar-refractivity contribution >= 4 is 16.4 Å². The van der Waals surface area contributed by atoms with E-state index in [0.717, 1.165) is 19.3 Å². The zero-order chi connectivity index (χ0) is 28.5. The van der Waals surface area contributed by atoms with Crippen molar-refractivity contribution in [3.05, 3.63) is 19.1 Å². The molecule has 0 saturated heterocycles. The molecule has 0 spiro atoms. The molecule has 224 valence electrons. The number of rotatable bonds is 24. The van der Waals surface area contributed by atoms with Crippen molar-refractivity contribution in [3.63, 3.8) is 0 Å². The molecule has 38 heavy (non-hydrogen) atoms. The summed E-state index contributed by atoms with van der Waals surface area (Å²) < 4.78 is 31.6. The normalized spacial score (nSPS) is 10.8. The van der Waals surface area contributed by atoms with E-state index in [2.05, 4.69) is 32.9 Å². The number of carboxylic acid groups (broad SMARTS) is 1. The molecule has 0 aromatic heterocycles. The molecule has 0 heterocycles. The Hall–Kier alpha value is 0.0800. The van der Waals surface area contributed by atoms with Crippen LogP contribution in [-0.4, -0.2) is 28.6 Å². The van der Waals surface area contributed by atoms with E-state index in [1.165, 1.54) is 128 Å². The van der Waals surface area contributed by atoms with Crippen LogP contribution < -0.4 is 29.6 Å². The maximum absolute atomic E-state index is 10.3. The maximum Gasteiger partial charge on any atom is 1.00 e. The first kappa shape index (κ1) is 45.1. The van der Waals surface area contributed by atoms with E-state index >= 15 is 0 Å². The number of hydrogen-bond donors (Lipinski definition) is 3. The molecule has 0 aliphatic carbocycles. The second-order valence-electron chi connectivity index (χ2n) is 9.86. The van der Waals surface area contributed by atoms with Crippen LogP contribution in [0.1, 0.15) is 168 Å². The van der Waals surface area contributed by atoms with Gasteiger partial charge < -0.3 is 12.0 Å². The fourth-order valence-corrected chi connectivity index (χ4v) is 3.83. The van der Waals surface area contributed by atoms with Gasteiger partial charge in [-0.05, 0) is 32.1 Å². The molecular weight excluding hydrogens is 511 g/mol. The predicted molar refractivity (Wildman–Crippen MR) is 158 cm³/mol. The van der Waals surface area contributed by atoms with Crippen LogP contribution in [0.4, 0.5) is 0 Å². The first-order valence-corrected chi connectivity index (χ1v) is 16.4. The van der Waals surface area contributed by atoms with Crippen LogP contribution in [0, 0.1) is 6.92 Å². The monoisotopic (exact) mass is 572 g/mol. The van der Waals surface area contributed by atoms with Crippen molar-refractivity contribution in [2.24, 2.45) is 0 Å². The minimum absolute atomic E-state index is 0. The van der Waals surface area contributed by atoms with Gasteiger partial charge in [-0.1, -0.05) is 135 Å². The zero-order valence-corrected chi connectivity index (χ0v) is 28.1. The number of hydrogen-bond acceptors (Lipinski definition) is 3. The molecule has 0 rings (SSSR count). The molecule has 0 radical (unpaired) electrons. The fraction of sp³-hybridized carbons (Fsp3) is 0.867. The van der Waals surface area contributed by atoms with Crippen molar-refractivity contribution in [2.45, 2.75) is 168 Å². The van der Waals surface area contributed by atoms with Crippen molar-refractivity contribution in [1.82, 2.24) is 0 Å². The Morgan fingerprint density at radius 2 is 0.895 bits per heavy atom. The number of aliphatic carboxylic acids is 1. The van der Waals surface area contributed by atoms with Gasteiger partial charge in [-0.3, -0.25) is 13.9 Å². The minimum atomic E-state index is -4.67. The van der Waals surface area contributed by atoms with E-state index in [1.54, 1.807) is 0 Å². The summed E-state index contributed by atoms with van der Waals surface area (Å²) in [7, 11) is -4.67. The van der Waals surface area contributed by atoms with E-state index in [4.69, 9.17) is 22.6 Å². The third kappa shape index (κ3) is 65.3. The molecule has 0 fully saturated rings. The van der Waals surface area contributed by atoms with E-state index in [1.807, 2.05) is 0 Å². The largest absolute Gasteiger partial charge is 1.00 e. The van der Waals surface area contributed by atoms with Crippen LogP contribution in [0.15, 0.2) is 12.2 Å². The van der Waals surface area contributed by atoms with Gasteiger partial charge in [-0.25, -0.2) is 0 Å². The Morgan fingerprint density at radius 3 is 1.21 bits per heavy atom. The van der Waals surface area contributed by atoms with Crippen LogP contribution in [0.5, 0.6) is 0 Å². The van der Waals surface area contributed by atoms with Gasteiger partial charge in [-0.15, -0.1) is 0 Å². The van der Waals surface area contributed by atoms with Crippen molar-refractivity contribution in [2.75, 3.05) is 0 Å². The minimum Gasteiger partial charge on any atom is -0.481 e. The van der Waals surface area contributed by atoms with Gasteiger partial charge >= 0.3 is 45.9 Å². The molecule has 0 aromatic carbocycles. The molecule has 0 saturated carbocycles. The molecule has 0 bridgehead atoms. The molecule has 0 amide bonds. The standard InChI is InChI=1S/C18H34O2.C12H25.Na.H2O4S/c1-2-3-4-5-6-7-8-9-10-11-12-13-14-15-16-17-18(19)20;1-3-5-7-9-11-12-10-8-6-4-2;;1-5(2,3)4/h9-10H,2-8,11-17H2,1H3,(H,19,20);1,3-12H2,2H3;;(H2,1,2,3,4)/q;-1;+1;. The van der Waals surface area contributed by atoms with Gasteiger partial charge in [0.2, 0.25) is 0 Å². The summed E-state index contributed by atoms with van der Waals surface area (Å²) in [5, 5.41) is 8.51. The summed E-state index contributed by atoms with van der Waals surface area (Å²) in [6, 6.07) is 0. The van der Waals surface area contributed by atoms with Gasteiger partial charge in [0.1, 0.15) is 0 Å². The van der Waals surface area contributed by atoms with Gasteiger partial charge in [0.05, 0.1) is 0 Å². The van der Waals surface area contributed by atoms with Crippen LogP contribution in [0.3, 0.4) is 0 Å². The summed E-state index contributed by atoms with van der Waals surface area (Å²) in [4.78, 5) is 10.3. The number of carboxylic acids is 1. The molecule has 0 aliphatic heterocycles. The summed E-state index contributed by atoms with van der Waals surface area (Å²) in [5.41, 5.74) is 0. The van der Waals surface area contributed by atoms with Crippen LogP contribution >= 0.6 is 0 Å². The molecule has 6 nitrogen and oxygen atoms in total. The summed E-state index contributed by atoms with van der Waals surface area (Å²) in [5.74, 6) is -0.664. The maximum atomic E-state index is 10.3. The topological polar surface area (TPSA) is 112 Å². The van der Waals surface area contributed by atoms with Crippen LogP contribution in [0.25, 0.3) is 0 Å². The molecule has 0 atom stereocenters.